The van der Waals surface area contributed by atoms with Crippen LogP contribution in [0.2, 0.25) is 0 Å². The van der Waals surface area contributed by atoms with Crippen molar-refractivity contribution in [1.29, 1.82) is 0 Å². The Kier molecular flexibility index (Phi) is 10.1. The monoisotopic (exact) mass is 246 g/mol. The minimum Gasteiger partial charge on any atom is -0.382 e. The third-order valence-corrected chi connectivity index (χ3v) is 2.17. The van der Waals surface area contributed by atoms with Gasteiger partial charge in [-0.2, -0.15) is 0 Å². The van der Waals surface area contributed by atoms with E-state index in [2.05, 4.69) is 10.6 Å². The molecule has 0 saturated carbocycles. The molecular weight excluding hydrogens is 220 g/mol. The molecule has 0 aliphatic carbocycles. The van der Waals surface area contributed by atoms with Gasteiger partial charge in [-0.3, -0.25) is 4.79 Å². The number of rotatable bonds is 10. The quantitative estimate of drug-likeness (QED) is 0.552. The maximum atomic E-state index is 11.5. The molecule has 5 nitrogen and oxygen atoms in total. The molecule has 0 aliphatic heterocycles. The van der Waals surface area contributed by atoms with Crippen LogP contribution >= 0.6 is 0 Å². The van der Waals surface area contributed by atoms with Gasteiger partial charge in [-0.05, 0) is 33.7 Å². The van der Waals surface area contributed by atoms with Crippen molar-refractivity contribution in [3.63, 3.8) is 0 Å². The Balaban J connectivity index is 3.38. The van der Waals surface area contributed by atoms with Gasteiger partial charge in [0, 0.05) is 19.8 Å². The standard InChI is InChI=1S/C12H26N2O3/c1-10(2)14-12(15)11(3)13-6-5-7-17-9-8-16-4/h10-11,13H,5-9H2,1-4H3,(H,14,15). The van der Waals surface area contributed by atoms with E-state index in [-0.39, 0.29) is 18.0 Å². The molecule has 5 heteroatoms. The first kappa shape index (κ1) is 16.4. The maximum Gasteiger partial charge on any atom is 0.237 e. The van der Waals surface area contributed by atoms with Gasteiger partial charge in [-0.1, -0.05) is 0 Å². The Labute approximate surface area is 104 Å². The maximum absolute atomic E-state index is 11.5. The number of methoxy groups -OCH3 is 1. The summed E-state index contributed by atoms with van der Waals surface area (Å²) in [6, 6.07) is 0.0282. The summed E-state index contributed by atoms with van der Waals surface area (Å²) in [6.07, 6.45) is 0.892. The van der Waals surface area contributed by atoms with Gasteiger partial charge in [0.2, 0.25) is 5.91 Å². The van der Waals surface area contributed by atoms with Crippen molar-refractivity contribution in [1.82, 2.24) is 10.6 Å². The molecule has 0 rings (SSSR count). The summed E-state index contributed by atoms with van der Waals surface area (Å²) >= 11 is 0. The van der Waals surface area contributed by atoms with E-state index in [0.29, 0.717) is 19.8 Å². The zero-order chi connectivity index (χ0) is 13.1. The van der Waals surface area contributed by atoms with Crippen LogP contribution in [0.4, 0.5) is 0 Å². The zero-order valence-corrected chi connectivity index (χ0v) is 11.4. The molecule has 102 valence electrons. The van der Waals surface area contributed by atoms with Gasteiger partial charge in [0.15, 0.2) is 0 Å². The molecule has 0 fully saturated rings. The highest BCUT2D eigenvalue weighted by Crippen LogP contribution is 1.87. The molecule has 0 aromatic carbocycles. The Morgan fingerprint density at radius 3 is 2.47 bits per heavy atom. The lowest BCUT2D eigenvalue weighted by Crippen LogP contribution is -2.45. The van der Waals surface area contributed by atoms with Gasteiger partial charge in [0.25, 0.3) is 0 Å². The third kappa shape index (κ3) is 10.2. The molecule has 0 spiro atoms. The fraction of sp³-hybridized carbons (Fsp3) is 0.917. The van der Waals surface area contributed by atoms with Crippen molar-refractivity contribution in [3.05, 3.63) is 0 Å². The van der Waals surface area contributed by atoms with E-state index in [1.165, 1.54) is 0 Å². The van der Waals surface area contributed by atoms with Crippen LogP contribution in [0, 0.1) is 0 Å². The smallest absolute Gasteiger partial charge is 0.237 e. The van der Waals surface area contributed by atoms with E-state index in [0.717, 1.165) is 13.0 Å². The second-order valence-corrected chi connectivity index (χ2v) is 4.30. The molecule has 2 N–H and O–H groups in total. The van der Waals surface area contributed by atoms with Gasteiger partial charge < -0.3 is 20.1 Å². The molecule has 17 heavy (non-hydrogen) atoms. The van der Waals surface area contributed by atoms with Crippen molar-refractivity contribution in [3.8, 4) is 0 Å². The molecular formula is C12H26N2O3. The van der Waals surface area contributed by atoms with Crippen molar-refractivity contribution in [2.75, 3.05) is 33.5 Å². The van der Waals surface area contributed by atoms with Gasteiger partial charge in [-0.15, -0.1) is 0 Å². The van der Waals surface area contributed by atoms with Crippen molar-refractivity contribution in [2.24, 2.45) is 0 Å². The van der Waals surface area contributed by atoms with E-state index in [1.807, 2.05) is 20.8 Å². The molecule has 0 radical (unpaired) electrons. The number of hydrogen-bond acceptors (Lipinski definition) is 4. The average Bonchev–Trinajstić information content (AvgIpc) is 2.26. The van der Waals surface area contributed by atoms with Crippen LogP contribution in [0.3, 0.4) is 0 Å². The molecule has 1 amide bonds. The summed E-state index contributed by atoms with van der Waals surface area (Å²) in [5.41, 5.74) is 0. The second kappa shape index (κ2) is 10.5. The highest BCUT2D eigenvalue weighted by molar-refractivity contribution is 5.81. The molecule has 0 saturated heterocycles. The molecule has 0 aromatic rings. The normalized spacial score (nSPS) is 12.8. The van der Waals surface area contributed by atoms with Crippen LogP contribution in [-0.2, 0) is 14.3 Å². The van der Waals surface area contributed by atoms with Crippen molar-refractivity contribution in [2.45, 2.75) is 39.3 Å². The van der Waals surface area contributed by atoms with Gasteiger partial charge in [0.05, 0.1) is 19.3 Å². The van der Waals surface area contributed by atoms with Crippen LogP contribution in [-0.4, -0.2) is 51.5 Å². The van der Waals surface area contributed by atoms with E-state index < -0.39 is 0 Å². The van der Waals surface area contributed by atoms with E-state index in [4.69, 9.17) is 9.47 Å². The van der Waals surface area contributed by atoms with Crippen molar-refractivity contribution < 1.29 is 14.3 Å². The average molecular weight is 246 g/mol. The molecule has 0 aromatic heterocycles. The van der Waals surface area contributed by atoms with Crippen LogP contribution in [0.1, 0.15) is 27.2 Å². The first-order valence-corrected chi connectivity index (χ1v) is 6.18. The van der Waals surface area contributed by atoms with Crippen LogP contribution in [0.15, 0.2) is 0 Å². The van der Waals surface area contributed by atoms with Crippen LogP contribution in [0.5, 0.6) is 0 Å². The Morgan fingerprint density at radius 2 is 1.88 bits per heavy atom. The molecule has 0 heterocycles. The Bertz CT molecular complexity index is 198. The number of carbonyl (C=O) groups is 1. The Morgan fingerprint density at radius 1 is 1.18 bits per heavy atom. The van der Waals surface area contributed by atoms with E-state index in [9.17, 15) is 4.79 Å². The third-order valence-electron chi connectivity index (χ3n) is 2.17. The van der Waals surface area contributed by atoms with Gasteiger partial charge in [0.1, 0.15) is 0 Å². The lowest BCUT2D eigenvalue weighted by atomic mass is 10.2. The Hall–Kier alpha value is -0.650. The number of nitrogens with one attached hydrogen (secondary N) is 2. The zero-order valence-electron chi connectivity index (χ0n) is 11.4. The SMILES string of the molecule is COCCOCCCNC(C)C(=O)NC(C)C. The number of carbonyl (C=O) groups excluding carboxylic acids is 1. The largest absolute Gasteiger partial charge is 0.382 e. The fourth-order valence-electron chi connectivity index (χ4n) is 1.24. The number of hydrogen-bond donors (Lipinski definition) is 2. The summed E-state index contributed by atoms with van der Waals surface area (Å²) in [6.45, 7) is 8.49. The predicted molar refractivity (Wildman–Crippen MR) is 68.1 cm³/mol. The molecule has 1 atom stereocenters. The van der Waals surface area contributed by atoms with Crippen molar-refractivity contribution >= 4 is 5.91 Å². The topological polar surface area (TPSA) is 59.6 Å². The van der Waals surface area contributed by atoms with Crippen LogP contribution in [0.25, 0.3) is 0 Å². The summed E-state index contributed by atoms with van der Waals surface area (Å²) in [5, 5.41) is 6.02. The van der Waals surface area contributed by atoms with E-state index in [1.54, 1.807) is 7.11 Å². The summed E-state index contributed by atoms with van der Waals surface area (Å²) in [5.74, 6) is 0.0419. The first-order valence-electron chi connectivity index (χ1n) is 6.18. The summed E-state index contributed by atoms with van der Waals surface area (Å²) in [7, 11) is 1.65. The molecule has 0 bridgehead atoms. The number of ether oxygens (including phenoxy) is 2. The predicted octanol–water partition coefficient (Wildman–Crippen LogP) is 0.542. The molecule has 1 unspecified atom stereocenters. The first-order chi connectivity index (χ1) is 8.07. The van der Waals surface area contributed by atoms with Gasteiger partial charge >= 0.3 is 0 Å². The van der Waals surface area contributed by atoms with Gasteiger partial charge in [-0.25, -0.2) is 0 Å². The highest BCUT2D eigenvalue weighted by Gasteiger charge is 2.11. The lowest BCUT2D eigenvalue weighted by molar-refractivity contribution is -0.123. The lowest BCUT2D eigenvalue weighted by Gasteiger charge is -2.15. The highest BCUT2D eigenvalue weighted by atomic mass is 16.5. The minimum atomic E-state index is -0.156. The van der Waals surface area contributed by atoms with E-state index >= 15 is 0 Å². The molecule has 0 aliphatic rings. The number of amides is 1. The fourth-order valence-corrected chi connectivity index (χ4v) is 1.24. The summed E-state index contributed by atoms with van der Waals surface area (Å²) in [4.78, 5) is 11.5. The van der Waals surface area contributed by atoms with Crippen LogP contribution < -0.4 is 10.6 Å². The minimum absolute atomic E-state index is 0.0419. The summed E-state index contributed by atoms with van der Waals surface area (Å²) < 4.78 is 10.2. The second-order valence-electron chi connectivity index (χ2n) is 4.30.